The number of hydrogen-bond donors (Lipinski definition) is 2. The van der Waals surface area contributed by atoms with Crippen molar-refractivity contribution < 1.29 is 0 Å². The first kappa shape index (κ1) is 13.3. The molecule has 16 heavy (non-hydrogen) atoms. The first-order chi connectivity index (χ1) is 7.25. The van der Waals surface area contributed by atoms with Crippen LogP contribution in [0.4, 0.5) is 0 Å². The fourth-order valence-corrected chi connectivity index (χ4v) is 1.40. The van der Waals surface area contributed by atoms with Crippen LogP contribution in [0.15, 0.2) is 17.4 Å². The van der Waals surface area contributed by atoms with Gasteiger partial charge in [-0.1, -0.05) is 0 Å². The van der Waals surface area contributed by atoms with E-state index in [0.29, 0.717) is 18.5 Å². The topological polar surface area (TPSA) is 68.2 Å². The zero-order valence-electron chi connectivity index (χ0n) is 9.39. The average molecular weight is 335 g/mol. The van der Waals surface area contributed by atoms with Crippen LogP contribution in [0.2, 0.25) is 0 Å². The summed E-state index contributed by atoms with van der Waals surface area (Å²) in [5, 5.41) is 3.15. The van der Waals surface area contributed by atoms with Gasteiger partial charge in [0.1, 0.15) is 5.82 Å². The average Bonchev–Trinajstić information content (AvgIpc) is 2.91. The molecule has 90 valence electrons. The Kier molecular flexibility index (Phi) is 5.04. The summed E-state index contributed by atoms with van der Waals surface area (Å²) in [6.45, 7) is 3.51. The van der Waals surface area contributed by atoms with Crippen LogP contribution < -0.4 is 11.1 Å². The Morgan fingerprint density at radius 2 is 2.44 bits per heavy atom. The largest absolute Gasteiger partial charge is 0.370 e. The highest BCUT2D eigenvalue weighted by Crippen LogP contribution is 2.17. The number of nitrogens with one attached hydrogen (secondary N) is 1. The van der Waals surface area contributed by atoms with Crippen molar-refractivity contribution in [2.45, 2.75) is 32.4 Å². The molecular formula is C10H18IN5. The molecular weight excluding hydrogens is 317 g/mol. The van der Waals surface area contributed by atoms with Crippen LogP contribution in [0.1, 0.15) is 18.7 Å². The number of guanidine groups is 1. The van der Waals surface area contributed by atoms with E-state index in [1.165, 1.54) is 12.8 Å². The van der Waals surface area contributed by atoms with Gasteiger partial charge >= 0.3 is 0 Å². The van der Waals surface area contributed by atoms with Gasteiger partial charge in [-0.15, -0.1) is 24.0 Å². The van der Waals surface area contributed by atoms with Crippen molar-refractivity contribution in [2.24, 2.45) is 10.7 Å². The maximum absolute atomic E-state index is 5.71. The van der Waals surface area contributed by atoms with Gasteiger partial charge < -0.3 is 15.6 Å². The molecule has 1 heterocycles. The van der Waals surface area contributed by atoms with Crippen molar-refractivity contribution in [3.8, 4) is 0 Å². The molecule has 0 aliphatic heterocycles. The Morgan fingerprint density at radius 1 is 1.69 bits per heavy atom. The molecule has 0 bridgehead atoms. The van der Waals surface area contributed by atoms with E-state index in [0.717, 1.165) is 12.4 Å². The van der Waals surface area contributed by atoms with E-state index >= 15 is 0 Å². The Hall–Kier alpha value is -0.790. The lowest BCUT2D eigenvalue weighted by molar-refractivity contribution is 0.681. The van der Waals surface area contributed by atoms with E-state index in [2.05, 4.69) is 19.9 Å². The van der Waals surface area contributed by atoms with Gasteiger partial charge in [-0.3, -0.25) is 4.99 Å². The van der Waals surface area contributed by atoms with Crippen molar-refractivity contribution in [1.29, 1.82) is 0 Å². The minimum Gasteiger partial charge on any atom is -0.370 e. The Labute approximate surface area is 113 Å². The van der Waals surface area contributed by atoms with Gasteiger partial charge in [0, 0.05) is 25.0 Å². The van der Waals surface area contributed by atoms with Crippen LogP contribution in [0.3, 0.4) is 0 Å². The van der Waals surface area contributed by atoms with Crippen molar-refractivity contribution in [2.75, 3.05) is 6.54 Å². The van der Waals surface area contributed by atoms with Crippen LogP contribution >= 0.6 is 24.0 Å². The zero-order chi connectivity index (χ0) is 10.7. The molecule has 2 rings (SSSR count). The van der Waals surface area contributed by atoms with Gasteiger partial charge in [0.15, 0.2) is 5.96 Å². The fraction of sp³-hybridized carbons (Fsp3) is 0.600. The number of imidazole rings is 1. The summed E-state index contributed by atoms with van der Waals surface area (Å²) in [6, 6.07) is 0.573. The molecule has 0 saturated heterocycles. The third-order valence-corrected chi connectivity index (χ3v) is 2.48. The van der Waals surface area contributed by atoms with Crippen LogP contribution in [-0.4, -0.2) is 28.1 Å². The van der Waals surface area contributed by atoms with Gasteiger partial charge in [0.2, 0.25) is 0 Å². The highest BCUT2D eigenvalue weighted by molar-refractivity contribution is 14.0. The number of hydrogen-bond acceptors (Lipinski definition) is 2. The highest BCUT2D eigenvalue weighted by Gasteiger charge is 2.21. The maximum atomic E-state index is 5.71. The molecule has 0 atom stereocenters. The van der Waals surface area contributed by atoms with E-state index < -0.39 is 0 Å². The first-order valence-electron chi connectivity index (χ1n) is 5.30. The molecule has 3 N–H and O–H groups in total. The summed E-state index contributed by atoms with van der Waals surface area (Å²) in [7, 11) is 0. The SMILES string of the molecule is Cc1nccn1CCN=C(N)NC1CC1.I. The molecule has 0 radical (unpaired) electrons. The fourth-order valence-electron chi connectivity index (χ4n) is 1.40. The number of aliphatic imine (C=N–C) groups is 1. The van der Waals surface area contributed by atoms with Gasteiger partial charge in [0.25, 0.3) is 0 Å². The zero-order valence-corrected chi connectivity index (χ0v) is 11.7. The predicted octanol–water partition coefficient (Wildman–Crippen LogP) is 0.876. The summed E-state index contributed by atoms with van der Waals surface area (Å²) >= 11 is 0. The molecule has 5 nitrogen and oxygen atoms in total. The molecule has 1 aromatic heterocycles. The Balaban J connectivity index is 0.00000128. The molecule has 1 fully saturated rings. The summed E-state index contributed by atoms with van der Waals surface area (Å²) in [6.07, 6.45) is 6.19. The van der Waals surface area contributed by atoms with E-state index in [4.69, 9.17) is 5.73 Å². The minimum atomic E-state index is 0. The lowest BCUT2D eigenvalue weighted by atomic mass is 10.5. The van der Waals surface area contributed by atoms with Gasteiger partial charge in [0.05, 0.1) is 6.54 Å². The molecule has 0 amide bonds. The number of aryl methyl sites for hydroxylation is 1. The third kappa shape index (κ3) is 3.99. The molecule has 1 aromatic rings. The van der Waals surface area contributed by atoms with Crippen LogP contribution in [-0.2, 0) is 6.54 Å². The summed E-state index contributed by atoms with van der Waals surface area (Å²) in [5.74, 6) is 1.58. The normalized spacial score (nSPS) is 15.7. The summed E-state index contributed by atoms with van der Waals surface area (Å²) in [5.41, 5.74) is 5.71. The third-order valence-electron chi connectivity index (χ3n) is 2.48. The number of rotatable bonds is 4. The van der Waals surface area contributed by atoms with E-state index in [1.54, 1.807) is 6.20 Å². The smallest absolute Gasteiger partial charge is 0.188 e. The van der Waals surface area contributed by atoms with E-state index in [9.17, 15) is 0 Å². The molecule has 6 heteroatoms. The van der Waals surface area contributed by atoms with Crippen LogP contribution in [0, 0.1) is 6.92 Å². The second-order valence-electron chi connectivity index (χ2n) is 3.85. The summed E-state index contributed by atoms with van der Waals surface area (Å²) in [4.78, 5) is 8.40. The lowest BCUT2D eigenvalue weighted by Crippen LogP contribution is -2.33. The molecule has 1 saturated carbocycles. The standard InChI is InChI=1S/C10H17N5.HI/c1-8-12-4-6-15(8)7-5-13-10(11)14-9-2-3-9;/h4,6,9H,2-3,5,7H2,1H3,(H3,11,13,14);1H. The molecule has 0 unspecified atom stereocenters. The van der Waals surface area contributed by atoms with Crippen LogP contribution in [0.5, 0.6) is 0 Å². The molecule has 0 spiro atoms. The van der Waals surface area contributed by atoms with Gasteiger partial charge in [-0.25, -0.2) is 4.98 Å². The van der Waals surface area contributed by atoms with Crippen LogP contribution in [0.25, 0.3) is 0 Å². The summed E-state index contributed by atoms with van der Waals surface area (Å²) < 4.78 is 2.06. The number of aromatic nitrogens is 2. The monoisotopic (exact) mass is 335 g/mol. The second kappa shape index (κ2) is 6.07. The first-order valence-corrected chi connectivity index (χ1v) is 5.30. The number of nitrogens with two attached hydrogens (primary N) is 1. The lowest BCUT2D eigenvalue weighted by Gasteiger charge is -2.04. The van der Waals surface area contributed by atoms with Gasteiger partial charge in [-0.2, -0.15) is 0 Å². The van der Waals surface area contributed by atoms with E-state index in [1.807, 2.05) is 13.1 Å². The molecule has 1 aliphatic rings. The van der Waals surface area contributed by atoms with Crippen molar-refractivity contribution in [3.63, 3.8) is 0 Å². The Bertz CT molecular complexity index is 356. The maximum Gasteiger partial charge on any atom is 0.188 e. The second-order valence-corrected chi connectivity index (χ2v) is 3.85. The number of nitrogens with zero attached hydrogens (tertiary/aromatic N) is 3. The number of halogens is 1. The van der Waals surface area contributed by atoms with Gasteiger partial charge in [-0.05, 0) is 19.8 Å². The molecule has 1 aliphatic carbocycles. The van der Waals surface area contributed by atoms with E-state index in [-0.39, 0.29) is 24.0 Å². The minimum absolute atomic E-state index is 0. The highest BCUT2D eigenvalue weighted by atomic mass is 127. The predicted molar refractivity (Wildman–Crippen MR) is 75.0 cm³/mol. The quantitative estimate of drug-likeness (QED) is 0.488. The van der Waals surface area contributed by atoms with Crippen molar-refractivity contribution in [3.05, 3.63) is 18.2 Å². The Morgan fingerprint density at radius 3 is 3.00 bits per heavy atom. The van der Waals surface area contributed by atoms with Crippen molar-refractivity contribution in [1.82, 2.24) is 14.9 Å². The molecule has 0 aromatic carbocycles. The van der Waals surface area contributed by atoms with Crippen molar-refractivity contribution >= 4 is 29.9 Å².